The lowest BCUT2D eigenvalue weighted by Gasteiger charge is -2.22. The minimum Gasteiger partial charge on any atom is -0.376 e. The van der Waals surface area contributed by atoms with Crippen molar-refractivity contribution in [3.63, 3.8) is 0 Å². The number of carbonyl (C=O) groups excluding carboxylic acids is 1. The van der Waals surface area contributed by atoms with Crippen LogP contribution in [0.15, 0.2) is 0 Å². The predicted octanol–water partition coefficient (Wildman–Crippen LogP) is 0.783. The predicted molar refractivity (Wildman–Crippen MR) is 73.1 cm³/mol. The molecule has 0 aromatic carbocycles. The first-order chi connectivity index (χ1) is 9.29. The molecule has 1 amide bonds. The Morgan fingerprint density at radius 1 is 1.26 bits per heavy atom. The van der Waals surface area contributed by atoms with Gasteiger partial charge in [0.2, 0.25) is 5.91 Å². The second kappa shape index (κ2) is 7.82. The molecule has 2 saturated heterocycles. The number of amides is 1. The van der Waals surface area contributed by atoms with Crippen molar-refractivity contribution in [2.75, 3.05) is 39.5 Å². The number of hydrogen-bond acceptors (Lipinski definition) is 4. The summed E-state index contributed by atoms with van der Waals surface area (Å²) in [7, 11) is 0. The maximum absolute atomic E-state index is 12.1. The molecule has 0 aromatic heterocycles. The van der Waals surface area contributed by atoms with Crippen LogP contribution < -0.4 is 5.32 Å². The molecule has 2 atom stereocenters. The monoisotopic (exact) mass is 270 g/mol. The first kappa shape index (κ1) is 14.8. The number of carbonyl (C=O) groups is 1. The van der Waals surface area contributed by atoms with E-state index in [0.29, 0.717) is 26.4 Å². The van der Waals surface area contributed by atoms with Crippen LogP contribution in [-0.4, -0.2) is 62.4 Å². The van der Waals surface area contributed by atoms with Gasteiger partial charge in [0.25, 0.3) is 0 Å². The highest BCUT2D eigenvalue weighted by molar-refractivity contribution is 5.78. The molecule has 110 valence electrons. The van der Waals surface area contributed by atoms with Gasteiger partial charge in [-0.15, -0.1) is 0 Å². The van der Waals surface area contributed by atoms with Gasteiger partial charge in [-0.2, -0.15) is 0 Å². The fourth-order valence-corrected chi connectivity index (χ4v) is 2.80. The molecule has 2 aliphatic heterocycles. The minimum absolute atomic E-state index is 0.0121. The molecular formula is C14H26N2O3. The van der Waals surface area contributed by atoms with E-state index in [1.807, 2.05) is 6.92 Å². The zero-order chi connectivity index (χ0) is 13.5. The second-order valence-electron chi connectivity index (χ2n) is 5.40. The fourth-order valence-electron chi connectivity index (χ4n) is 2.80. The highest BCUT2D eigenvalue weighted by Gasteiger charge is 2.30. The third-order valence-electron chi connectivity index (χ3n) is 3.82. The van der Waals surface area contributed by atoms with Crippen molar-refractivity contribution in [2.24, 2.45) is 0 Å². The van der Waals surface area contributed by atoms with E-state index in [-0.39, 0.29) is 18.1 Å². The van der Waals surface area contributed by atoms with Crippen molar-refractivity contribution in [2.45, 2.75) is 44.8 Å². The van der Waals surface area contributed by atoms with E-state index in [1.54, 1.807) is 0 Å². The Morgan fingerprint density at radius 2 is 2.00 bits per heavy atom. The maximum Gasteiger partial charge on any atom is 0.234 e. The Kier molecular flexibility index (Phi) is 6.07. The van der Waals surface area contributed by atoms with Crippen molar-refractivity contribution < 1.29 is 14.3 Å². The first-order valence-corrected chi connectivity index (χ1v) is 7.50. The molecule has 2 fully saturated rings. The number of hydrogen-bond donors (Lipinski definition) is 1. The van der Waals surface area contributed by atoms with Crippen LogP contribution in [-0.2, 0) is 14.3 Å². The van der Waals surface area contributed by atoms with Gasteiger partial charge in [0.05, 0.1) is 25.8 Å². The molecule has 0 saturated carbocycles. The number of nitrogens with zero attached hydrogens (tertiary/aromatic N) is 1. The summed E-state index contributed by atoms with van der Waals surface area (Å²) in [4.78, 5) is 14.3. The molecule has 0 unspecified atom stereocenters. The van der Waals surface area contributed by atoms with Gasteiger partial charge >= 0.3 is 0 Å². The summed E-state index contributed by atoms with van der Waals surface area (Å²) in [6.45, 7) is 6.38. The van der Waals surface area contributed by atoms with E-state index >= 15 is 0 Å². The second-order valence-corrected chi connectivity index (χ2v) is 5.40. The van der Waals surface area contributed by atoms with E-state index in [1.165, 1.54) is 25.7 Å². The molecule has 0 aromatic rings. The minimum atomic E-state index is 0.0121. The van der Waals surface area contributed by atoms with Crippen LogP contribution in [0.3, 0.4) is 0 Å². The van der Waals surface area contributed by atoms with Crippen molar-refractivity contribution in [3.05, 3.63) is 0 Å². The number of nitrogens with one attached hydrogen (secondary N) is 1. The molecule has 0 spiro atoms. The standard InChI is InChI=1S/C14H26N2O3/c1-2-19-13-11-18-10-12(13)15-14(17)9-16-7-5-3-4-6-8-16/h12-13H,2-11H2,1H3,(H,15,17)/t12-,13-/m1/s1. The summed E-state index contributed by atoms with van der Waals surface area (Å²) in [6.07, 6.45) is 5.02. The number of likely N-dealkylation sites (tertiary alicyclic amines) is 1. The highest BCUT2D eigenvalue weighted by atomic mass is 16.5. The molecule has 0 aliphatic carbocycles. The SMILES string of the molecule is CCO[C@@H]1COC[C@H]1NC(=O)CN1CCCCCC1. The first-order valence-electron chi connectivity index (χ1n) is 7.50. The summed E-state index contributed by atoms with van der Waals surface area (Å²) in [5.41, 5.74) is 0. The largest absolute Gasteiger partial charge is 0.376 e. The molecule has 19 heavy (non-hydrogen) atoms. The normalized spacial score (nSPS) is 29.1. The van der Waals surface area contributed by atoms with Gasteiger partial charge in [-0.3, -0.25) is 9.69 Å². The van der Waals surface area contributed by atoms with Crippen LogP contribution in [0.2, 0.25) is 0 Å². The van der Waals surface area contributed by atoms with E-state index in [4.69, 9.17) is 9.47 Å². The Hall–Kier alpha value is -0.650. The molecule has 5 nitrogen and oxygen atoms in total. The van der Waals surface area contributed by atoms with Crippen molar-refractivity contribution in [1.82, 2.24) is 10.2 Å². The van der Waals surface area contributed by atoms with Gasteiger partial charge < -0.3 is 14.8 Å². The lowest BCUT2D eigenvalue weighted by Crippen LogP contribution is -2.47. The maximum atomic E-state index is 12.1. The molecule has 0 radical (unpaired) electrons. The summed E-state index contributed by atoms with van der Waals surface area (Å²) in [5, 5.41) is 3.05. The highest BCUT2D eigenvalue weighted by Crippen LogP contribution is 2.11. The van der Waals surface area contributed by atoms with Crippen molar-refractivity contribution in [1.29, 1.82) is 0 Å². The van der Waals surface area contributed by atoms with E-state index in [9.17, 15) is 4.79 Å². The summed E-state index contributed by atoms with van der Waals surface area (Å²) in [5.74, 6) is 0.0992. The van der Waals surface area contributed by atoms with Crippen LogP contribution in [0.5, 0.6) is 0 Å². The molecule has 2 rings (SSSR count). The average Bonchev–Trinajstić information content (AvgIpc) is 2.65. The third kappa shape index (κ3) is 4.75. The van der Waals surface area contributed by atoms with Crippen LogP contribution in [0, 0.1) is 0 Å². The molecule has 5 heteroatoms. The summed E-state index contributed by atoms with van der Waals surface area (Å²) < 4.78 is 11.0. The molecule has 2 aliphatic rings. The Bertz CT molecular complexity index is 278. The summed E-state index contributed by atoms with van der Waals surface area (Å²) >= 11 is 0. The van der Waals surface area contributed by atoms with Crippen LogP contribution in [0.1, 0.15) is 32.6 Å². The quantitative estimate of drug-likeness (QED) is 0.802. The third-order valence-corrected chi connectivity index (χ3v) is 3.82. The van der Waals surface area contributed by atoms with Gasteiger partial charge in [-0.05, 0) is 32.9 Å². The van der Waals surface area contributed by atoms with Crippen LogP contribution in [0.25, 0.3) is 0 Å². The number of ether oxygens (including phenoxy) is 2. The zero-order valence-corrected chi connectivity index (χ0v) is 11.9. The van der Waals surface area contributed by atoms with Gasteiger partial charge in [0.15, 0.2) is 0 Å². The topological polar surface area (TPSA) is 50.8 Å². The van der Waals surface area contributed by atoms with E-state index in [2.05, 4.69) is 10.2 Å². The average molecular weight is 270 g/mol. The van der Waals surface area contributed by atoms with Gasteiger partial charge in [-0.25, -0.2) is 0 Å². The lowest BCUT2D eigenvalue weighted by atomic mass is 10.2. The van der Waals surface area contributed by atoms with Gasteiger partial charge in [-0.1, -0.05) is 12.8 Å². The lowest BCUT2D eigenvalue weighted by molar-refractivity contribution is -0.123. The van der Waals surface area contributed by atoms with Crippen molar-refractivity contribution >= 4 is 5.91 Å². The van der Waals surface area contributed by atoms with Crippen molar-refractivity contribution in [3.8, 4) is 0 Å². The van der Waals surface area contributed by atoms with E-state index < -0.39 is 0 Å². The molecule has 0 bridgehead atoms. The Labute approximate surface area is 115 Å². The van der Waals surface area contributed by atoms with Gasteiger partial charge in [0, 0.05) is 6.61 Å². The molecule has 1 N–H and O–H groups in total. The summed E-state index contributed by atoms with van der Waals surface area (Å²) in [6, 6.07) is 0.0134. The molecule has 2 heterocycles. The zero-order valence-electron chi connectivity index (χ0n) is 11.9. The number of rotatable bonds is 5. The van der Waals surface area contributed by atoms with Crippen LogP contribution in [0.4, 0.5) is 0 Å². The Morgan fingerprint density at radius 3 is 2.68 bits per heavy atom. The fraction of sp³-hybridized carbons (Fsp3) is 0.929. The van der Waals surface area contributed by atoms with E-state index in [0.717, 1.165) is 13.1 Å². The van der Waals surface area contributed by atoms with Crippen LogP contribution >= 0.6 is 0 Å². The molecular weight excluding hydrogens is 244 g/mol. The van der Waals surface area contributed by atoms with Gasteiger partial charge in [0.1, 0.15) is 6.10 Å². The smallest absolute Gasteiger partial charge is 0.234 e. The Balaban J connectivity index is 1.73.